The zero-order valence-electron chi connectivity index (χ0n) is 15.8. The molecule has 4 rings (SSSR count). The van der Waals surface area contributed by atoms with Gasteiger partial charge in [-0.25, -0.2) is 4.98 Å². The highest BCUT2D eigenvalue weighted by Gasteiger charge is 2.23. The summed E-state index contributed by atoms with van der Waals surface area (Å²) in [6.45, 7) is 2.47. The van der Waals surface area contributed by atoms with Crippen LogP contribution in [0, 0.1) is 0 Å². The highest BCUT2D eigenvalue weighted by molar-refractivity contribution is 5.81. The van der Waals surface area contributed by atoms with E-state index in [1.807, 2.05) is 48.5 Å². The van der Waals surface area contributed by atoms with E-state index in [0.29, 0.717) is 32.7 Å². The summed E-state index contributed by atoms with van der Waals surface area (Å²) < 4.78 is 13.5. The van der Waals surface area contributed by atoms with Crippen molar-refractivity contribution >= 4 is 16.9 Å². The first-order valence-corrected chi connectivity index (χ1v) is 9.82. The number of carbonyl (C=O) groups is 1. The van der Waals surface area contributed by atoms with Gasteiger partial charge in [-0.3, -0.25) is 4.79 Å². The van der Waals surface area contributed by atoms with Crippen molar-refractivity contribution in [3.63, 3.8) is 0 Å². The fourth-order valence-electron chi connectivity index (χ4n) is 3.53. The molecule has 1 unspecified atom stereocenters. The molecule has 0 bridgehead atoms. The molecule has 6 nitrogen and oxygen atoms in total. The number of nitrogens with zero attached hydrogens (tertiary/aromatic N) is 2. The molecule has 28 heavy (non-hydrogen) atoms. The molecule has 1 atom stereocenters. The molecular weight excluding hydrogens is 354 g/mol. The average Bonchev–Trinajstić information content (AvgIpc) is 3.38. The van der Waals surface area contributed by atoms with Crippen LogP contribution in [-0.4, -0.2) is 41.3 Å². The molecule has 1 fully saturated rings. The van der Waals surface area contributed by atoms with E-state index in [4.69, 9.17) is 14.5 Å². The SMILES string of the molecule is O=C(NCCc1nc2ccccc2n1CCOc1ccccc1)C1CCCO1. The van der Waals surface area contributed by atoms with Gasteiger partial charge in [-0.15, -0.1) is 0 Å². The van der Waals surface area contributed by atoms with E-state index >= 15 is 0 Å². The van der Waals surface area contributed by atoms with Gasteiger partial charge in [0, 0.05) is 19.6 Å². The number of amides is 1. The number of para-hydroxylation sites is 3. The van der Waals surface area contributed by atoms with Crippen LogP contribution in [0.4, 0.5) is 0 Å². The zero-order valence-corrected chi connectivity index (χ0v) is 15.8. The van der Waals surface area contributed by atoms with Crippen LogP contribution in [0.1, 0.15) is 18.7 Å². The Hall–Kier alpha value is -2.86. The van der Waals surface area contributed by atoms with E-state index < -0.39 is 0 Å². The van der Waals surface area contributed by atoms with Crippen LogP contribution in [0.3, 0.4) is 0 Å². The number of carbonyl (C=O) groups excluding carboxylic acids is 1. The quantitative estimate of drug-likeness (QED) is 0.654. The van der Waals surface area contributed by atoms with Gasteiger partial charge >= 0.3 is 0 Å². The van der Waals surface area contributed by atoms with Gasteiger partial charge in [0.05, 0.1) is 17.6 Å². The second kappa shape index (κ2) is 8.89. The van der Waals surface area contributed by atoms with Crippen molar-refractivity contribution in [3.05, 3.63) is 60.4 Å². The monoisotopic (exact) mass is 379 g/mol. The van der Waals surface area contributed by atoms with E-state index in [9.17, 15) is 4.79 Å². The lowest BCUT2D eigenvalue weighted by molar-refractivity contribution is -0.130. The Kier molecular flexibility index (Phi) is 5.87. The number of benzene rings is 2. The summed E-state index contributed by atoms with van der Waals surface area (Å²) in [7, 11) is 0. The van der Waals surface area contributed by atoms with Crippen LogP contribution >= 0.6 is 0 Å². The second-order valence-corrected chi connectivity index (χ2v) is 6.87. The fraction of sp³-hybridized carbons (Fsp3) is 0.364. The van der Waals surface area contributed by atoms with Crippen molar-refractivity contribution in [2.75, 3.05) is 19.8 Å². The van der Waals surface area contributed by atoms with Gasteiger partial charge in [0.25, 0.3) is 0 Å². The molecule has 1 aliphatic rings. The standard InChI is InChI=1S/C22H25N3O3/c26-22(20-11-6-15-28-20)23-13-12-21-24-18-9-4-5-10-19(18)25(21)14-16-27-17-7-2-1-3-8-17/h1-5,7-10,20H,6,11-16H2,(H,23,26). The number of rotatable bonds is 8. The Morgan fingerprint density at radius 3 is 2.82 bits per heavy atom. The summed E-state index contributed by atoms with van der Waals surface area (Å²) in [5, 5.41) is 2.98. The molecule has 1 N–H and O–H groups in total. The first-order valence-electron chi connectivity index (χ1n) is 9.82. The molecule has 2 aromatic carbocycles. The number of aromatic nitrogens is 2. The summed E-state index contributed by atoms with van der Waals surface area (Å²) in [5.74, 6) is 1.79. The summed E-state index contributed by atoms with van der Waals surface area (Å²) >= 11 is 0. The van der Waals surface area contributed by atoms with Gasteiger partial charge < -0.3 is 19.4 Å². The highest BCUT2D eigenvalue weighted by atomic mass is 16.5. The third-order valence-corrected chi connectivity index (χ3v) is 4.93. The van der Waals surface area contributed by atoms with Crippen molar-refractivity contribution in [2.45, 2.75) is 31.9 Å². The largest absolute Gasteiger partial charge is 0.492 e. The lowest BCUT2D eigenvalue weighted by atomic mass is 10.2. The summed E-state index contributed by atoms with van der Waals surface area (Å²) in [6.07, 6.45) is 2.13. The Balaban J connectivity index is 1.40. The molecule has 1 saturated heterocycles. The Bertz CT molecular complexity index is 917. The normalized spacial score (nSPS) is 16.4. The number of fused-ring (bicyclic) bond motifs is 1. The molecule has 146 valence electrons. The molecule has 6 heteroatoms. The summed E-state index contributed by atoms with van der Waals surface area (Å²) in [5.41, 5.74) is 2.04. The van der Waals surface area contributed by atoms with E-state index in [1.165, 1.54) is 0 Å². The Labute approximate surface area is 164 Å². The minimum atomic E-state index is -0.293. The van der Waals surface area contributed by atoms with E-state index in [2.05, 4.69) is 16.0 Å². The number of imidazole rings is 1. The Morgan fingerprint density at radius 1 is 1.18 bits per heavy atom. The molecule has 2 heterocycles. The predicted molar refractivity (Wildman–Crippen MR) is 107 cm³/mol. The number of hydrogen-bond donors (Lipinski definition) is 1. The van der Waals surface area contributed by atoms with Crippen molar-refractivity contribution in [1.29, 1.82) is 0 Å². The summed E-state index contributed by atoms with van der Waals surface area (Å²) in [4.78, 5) is 16.9. The van der Waals surface area contributed by atoms with Gasteiger partial charge in [0.2, 0.25) is 5.91 Å². The molecule has 1 aliphatic heterocycles. The van der Waals surface area contributed by atoms with Gasteiger partial charge in [-0.05, 0) is 37.1 Å². The molecule has 0 spiro atoms. The third kappa shape index (κ3) is 4.34. The topological polar surface area (TPSA) is 65.4 Å². The van der Waals surface area contributed by atoms with Gasteiger partial charge in [0.15, 0.2) is 0 Å². The van der Waals surface area contributed by atoms with Crippen LogP contribution in [0.15, 0.2) is 54.6 Å². The lowest BCUT2D eigenvalue weighted by Crippen LogP contribution is -2.35. The van der Waals surface area contributed by atoms with Crippen molar-refractivity contribution in [2.24, 2.45) is 0 Å². The first kappa shape index (κ1) is 18.5. The molecule has 0 saturated carbocycles. The molecule has 1 amide bonds. The second-order valence-electron chi connectivity index (χ2n) is 6.87. The minimum absolute atomic E-state index is 0.0208. The zero-order chi connectivity index (χ0) is 19.2. The van der Waals surface area contributed by atoms with E-state index in [-0.39, 0.29) is 12.0 Å². The molecular formula is C22H25N3O3. The number of ether oxygens (including phenoxy) is 2. The van der Waals surface area contributed by atoms with Crippen LogP contribution in [0.25, 0.3) is 11.0 Å². The van der Waals surface area contributed by atoms with Gasteiger partial charge in [-0.1, -0.05) is 30.3 Å². The van der Waals surface area contributed by atoms with Crippen LogP contribution in [0.5, 0.6) is 5.75 Å². The van der Waals surface area contributed by atoms with E-state index in [0.717, 1.165) is 35.4 Å². The maximum absolute atomic E-state index is 12.1. The van der Waals surface area contributed by atoms with Crippen LogP contribution < -0.4 is 10.1 Å². The molecule has 0 aliphatic carbocycles. The average molecular weight is 379 g/mol. The van der Waals surface area contributed by atoms with Crippen molar-refractivity contribution < 1.29 is 14.3 Å². The number of hydrogen-bond acceptors (Lipinski definition) is 4. The molecule has 3 aromatic rings. The van der Waals surface area contributed by atoms with Crippen molar-refractivity contribution in [3.8, 4) is 5.75 Å². The third-order valence-electron chi connectivity index (χ3n) is 4.93. The van der Waals surface area contributed by atoms with E-state index in [1.54, 1.807) is 0 Å². The smallest absolute Gasteiger partial charge is 0.249 e. The molecule has 1 aromatic heterocycles. The Morgan fingerprint density at radius 2 is 2.00 bits per heavy atom. The van der Waals surface area contributed by atoms with Gasteiger partial charge in [-0.2, -0.15) is 0 Å². The molecule has 0 radical (unpaired) electrons. The lowest BCUT2D eigenvalue weighted by Gasteiger charge is -2.12. The summed E-state index contributed by atoms with van der Waals surface area (Å²) in [6, 6.07) is 17.9. The van der Waals surface area contributed by atoms with Crippen molar-refractivity contribution in [1.82, 2.24) is 14.9 Å². The highest BCUT2D eigenvalue weighted by Crippen LogP contribution is 2.17. The number of nitrogens with one attached hydrogen (secondary N) is 1. The fourth-order valence-corrected chi connectivity index (χ4v) is 3.53. The first-order chi connectivity index (χ1) is 13.8. The van der Waals surface area contributed by atoms with Gasteiger partial charge in [0.1, 0.15) is 24.3 Å². The predicted octanol–water partition coefficient (Wildman–Crippen LogP) is 2.95. The minimum Gasteiger partial charge on any atom is -0.492 e. The maximum Gasteiger partial charge on any atom is 0.249 e. The van der Waals surface area contributed by atoms with Crippen LogP contribution in [-0.2, 0) is 22.5 Å². The maximum atomic E-state index is 12.1. The van der Waals surface area contributed by atoms with Crippen LogP contribution in [0.2, 0.25) is 0 Å².